The fourth-order valence-corrected chi connectivity index (χ4v) is 5.56. The molecule has 0 spiro atoms. The molecule has 3 rings (SSSR count). The second-order valence-corrected chi connectivity index (χ2v) is 11.7. The molecule has 10 heteroatoms. The van der Waals surface area contributed by atoms with Gasteiger partial charge in [-0.25, -0.2) is 12.8 Å². The maximum absolute atomic E-state index is 13.9. The monoisotopic (exact) mass is 573 g/mol. The summed E-state index contributed by atoms with van der Waals surface area (Å²) in [7, 11) is -4.22. The van der Waals surface area contributed by atoms with Gasteiger partial charge in [-0.05, 0) is 69.2 Å². The number of halogens is 2. The number of carbonyl (C=O) groups excluding carboxylic acids is 2. The molecule has 39 heavy (non-hydrogen) atoms. The molecule has 3 aromatic carbocycles. The zero-order valence-corrected chi connectivity index (χ0v) is 24.0. The maximum atomic E-state index is 13.9. The summed E-state index contributed by atoms with van der Waals surface area (Å²) < 4.78 is 42.1. The molecule has 0 heterocycles. The third-order valence-electron chi connectivity index (χ3n) is 6.44. The van der Waals surface area contributed by atoms with Crippen molar-refractivity contribution in [1.82, 2.24) is 10.2 Å². The van der Waals surface area contributed by atoms with Crippen molar-refractivity contribution in [3.05, 3.63) is 94.8 Å². The molecular formula is C29H33ClFN3O4S. The van der Waals surface area contributed by atoms with Crippen LogP contribution in [-0.2, 0) is 26.2 Å². The van der Waals surface area contributed by atoms with Crippen LogP contribution in [0, 0.1) is 12.7 Å². The summed E-state index contributed by atoms with van der Waals surface area (Å²) in [5, 5.41) is 3.02. The van der Waals surface area contributed by atoms with Gasteiger partial charge in [0, 0.05) is 12.6 Å². The fourth-order valence-electron chi connectivity index (χ4n) is 3.84. The number of aryl methyl sites for hydroxylation is 1. The second-order valence-electron chi connectivity index (χ2n) is 9.42. The third kappa shape index (κ3) is 7.58. The summed E-state index contributed by atoms with van der Waals surface area (Å²) >= 11 is 6.40. The van der Waals surface area contributed by atoms with Gasteiger partial charge in [0.25, 0.3) is 10.0 Å². The molecule has 0 aliphatic heterocycles. The highest BCUT2D eigenvalue weighted by atomic mass is 35.5. The molecule has 0 aliphatic rings. The predicted octanol–water partition coefficient (Wildman–Crippen LogP) is 5.31. The van der Waals surface area contributed by atoms with E-state index in [-0.39, 0.29) is 34.1 Å². The molecule has 208 valence electrons. The first-order valence-corrected chi connectivity index (χ1v) is 14.4. The Morgan fingerprint density at radius 3 is 2.18 bits per heavy atom. The molecule has 0 bridgehead atoms. The Hall–Kier alpha value is -3.43. The molecule has 0 fully saturated rings. The molecule has 0 radical (unpaired) electrons. The number of carbonyl (C=O) groups is 2. The maximum Gasteiger partial charge on any atom is 0.264 e. The Morgan fingerprint density at radius 2 is 1.59 bits per heavy atom. The number of nitrogens with one attached hydrogen (secondary N) is 1. The zero-order chi connectivity index (χ0) is 28.7. The molecule has 1 N–H and O–H groups in total. The van der Waals surface area contributed by atoms with Gasteiger partial charge in [0.15, 0.2) is 0 Å². The van der Waals surface area contributed by atoms with E-state index in [2.05, 4.69) is 5.32 Å². The average Bonchev–Trinajstić information content (AvgIpc) is 2.91. The van der Waals surface area contributed by atoms with Crippen molar-refractivity contribution in [2.24, 2.45) is 0 Å². The number of hydrogen-bond donors (Lipinski definition) is 1. The predicted molar refractivity (Wildman–Crippen MR) is 151 cm³/mol. The topological polar surface area (TPSA) is 86.8 Å². The molecular weight excluding hydrogens is 541 g/mol. The van der Waals surface area contributed by atoms with Crippen LogP contribution in [0.4, 0.5) is 10.1 Å². The lowest BCUT2D eigenvalue weighted by atomic mass is 10.1. The van der Waals surface area contributed by atoms with E-state index in [4.69, 9.17) is 11.6 Å². The SMILES string of the molecule is CC[C@H](C)NC(=O)[C@H](C)N(Cc1ccc(F)cc1)C(=O)CN(c1ccccc1Cl)S(=O)(=O)c1ccc(C)cc1. The number of anilines is 1. The van der Waals surface area contributed by atoms with Crippen LogP contribution >= 0.6 is 11.6 Å². The summed E-state index contributed by atoms with van der Waals surface area (Å²) in [5.41, 5.74) is 1.59. The minimum absolute atomic E-state index is 0.00605. The van der Waals surface area contributed by atoms with Crippen LogP contribution in [0.5, 0.6) is 0 Å². The molecule has 0 aliphatic carbocycles. The minimum Gasteiger partial charge on any atom is -0.352 e. The normalized spacial score (nSPS) is 12.9. The quantitative estimate of drug-likeness (QED) is 0.337. The largest absolute Gasteiger partial charge is 0.352 e. The van der Waals surface area contributed by atoms with Gasteiger partial charge in [0.2, 0.25) is 11.8 Å². The highest BCUT2D eigenvalue weighted by Gasteiger charge is 2.33. The number of para-hydroxylation sites is 1. The molecule has 3 aromatic rings. The van der Waals surface area contributed by atoms with Crippen LogP contribution in [0.3, 0.4) is 0 Å². The van der Waals surface area contributed by atoms with Gasteiger partial charge in [-0.15, -0.1) is 0 Å². The average molecular weight is 574 g/mol. The van der Waals surface area contributed by atoms with E-state index in [0.717, 1.165) is 9.87 Å². The molecule has 2 atom stereocenters. The molecule has 0 aromatic heterocycles. The van der Waals surface area contributed by atoms with Crippen LogP contribution in [0.25, 0.3) is 0 Å². The van der Waals surface area contributed by atoms with Crippen molar-refractivity contribution in [2.75, 3.05) is 10.8 Å². The molecule has 2 amide bonds. The van der Waals surface area contributed by atoms with Crippen molar-refractivity contribution in [1.29, 1.82) is 0 Å². The zero-order valence-electron chi connectivity index (χ0n) is 22.4. The Morgan fingerprint density at radius 1 is 0.974 bits per heavy atom. The first-order chi connectivity index (χ1) is 18.4. The summed E-state index contributed by atoms with van der Waals surface area (Å²) in [6.07, 6.45) is 0.694. The number of amides is 2. The summed E-state index contributed by atoms with van der Waals surface area (Å²) in [4.78, 5) is 28.2. The lowest BCUT2D eigenvalue weighted by Crippen LogP contribution is -2.52. The molecule has 0 saturated carbocycles. The molecule has 0 unspecified atom stereocenters. The van der Waals surface area contributed by atoms with Crippen LogP contribution in [0.1, 0.15) is 38.3 Å². The van der Waals surface area contributed by atoms with E-state index in [9.17, 15) is 22.4 Å². The van der Waals surface area contributed by atoms with E-state index in [1.807, 2.05) is 20.8 Å². The summed E-state index contributed by atoms with van der Waals surface area (Å²) in [6, 6.07) is 17.1. The number of nitrogens with zero attached hydrogens (tertiary/aromatic N) is 2. The first kappa shape index (κ1) is 30.1. The van der Waals surface area contributed by atoms with Gasteiger partial charge in [0.05, 0.1) is 15.6 Å². The number of hydrogen-bond acceptors (Lipinski definition) is 4. The van der Waals surface area contributed by atoms with E-state index < -0.39 is 34.3 Å². The van der Waals surface area contributed by atoms with Gasteiger partial charge in [0.1, 0.15) is 18.4 Å². The summed E-state index contributed by atoms with van der Waals surface area (Å²) in [5.74, 6) is -1.44. The lowest BCUT2D eigenvalue weighted by molar-refractivity contribution is -0.139. The van der Waals surface area contributed by atoms with E-state index in [0.29, 0.717) is 12.0 Å². The van der Waals surface area contributed by atoms with Crippen molar-refractivity contribution < 1.29 is 22.4 Å². The van der Waals surface area contributed by atoms with Crippen molar-refractivity contribution >= 4 is 39.1 Å². The third-order valence-corrected chi connectivity index (χ3v) is 8.54. The molecule has 7 nitrogen and oxygen atoms in total. The van der Waals surface area contributed by atoms with Gasteiger partial charge in [-0.1, -0.05) is 60.5 Å². The first-order valence-electron chi connectivity index (χ1n) is 12.6. The number of rotatable bonds is 11. The van der Waals surface area contributed by atoms with Gasteiger partial charge in [-0.2, -0.15) is 0 Å². The van der Waals surface area contributed by atoms with Crippen molar-refractivity contribution in [3.8, 4) is 0 Å². The van der Waals surface area contributed by atoms with Crippen molar-refractivity contribution in [2.45, 2.75) is 57.6 Å². The van der Waals surface area contributed by atoms with Crippen molar-refractivity contribution in [3.63, 3.8) is 0 Å². The van der Waals surface area contributed by atoms with E-state index in [1.54, 1.807) is 31.2 Å². The Balaban J connectivity index is 2.03. The van der Waals surface area contributed by atoms with Crippen LogP contribution < -0.4 is 9.62 Å². The van der Waals surface area contributed by atoms with E-state index in [1.165, 1.54) is 53.4 Å². The Kier molecular flexibility index (Phi) is 10.1. The summed E-state index contributed by atoms with van der Waals surface area (Å²) in [6.45, 7) is 6.55. The van der Waals surface area contributed by atoms with Crippen LogP contribution in [-0.4, -0.2) is 43.8 Å². The Bertz CT molecular complexity index is 1400. The highest BCUT2D eigenvalue weighted by Crippen LogP contribution is 2.31. The standard InChI is InChI=1S/C29H33ClFN3O4S/c1-5-21(3)32-29(36)22(4)33(18-23-12-14-24(31)15-13-23)28(35)19-34(27-9-7-6-8-26(27)30)39(37,38)25-16-10-20(2)11-17-25/h6-17,21-22H,5,18-19H2,1-4H3,(H,32,36)/t21-,22-/m0/s1. The van der Waals surface area contributed by atoms with Gasteiger partial charge < -0.3 is 10.2 Å². The van der Waals surface area contributed by atoms with Crippen LogP contribution in [0.2, 0.25) is 5.02 Å². The second kappa shape index (κ2) is 13.1. The van der Waals surface area contributed by atoms with Gasteiger partial charge in [-0.3, -0.25) is 13.9 Å². The number of benzene rings is 3. The fraction of sp³-hybridized carbons (Fsp3) is 0.310. The van der Waals surface area contributed by atoms with E-state index >= 15 is 0 Å². The smallest absolute Gasteiger partial charge is 0.264 e. The van der Waals surface area contributed by atoms with Gasteiger partial charge >= 0.3 is 0 Å². The highest BCUT2D eigenvalue weighted by molar-refractivity contribution is 7.92. The van der Waals surface area contributed by atoms with Crippen LogP contribution in [0.15, 0.2) is 77.7 Å². The number of sulfonamides is 1. The Labute approximate surface area is 234 Å². The minimum atomic E-state index is -4.22. The molecule has 0 saturated heterocycles. The lowest BCUT2D eigenvalue weighted by Gasteiger charge is -2.32.